The molecule has 0 aromatic heterocycles. The zero-order valence-corrected chi connectivity index (χ0v) is 17.7. The number of carbonyl (C=O) groups is 4. The highest BCUT2D eigenvalue weighted by molar-refractivity contribution is 6.22. The molecule has 1 aliphatic heterocycles. The predicted octanol–water partition coefficient (Wildman–Crippen LogP) is 3.96. The van der Waals surface area contributed by atoms with Crippen LogP contribution in [-0.4, -0.2) is 30.3 Å². The van der Waals surface area contributed by atoms with Gasteiger partial charge < -0.3 is 10.1 Å². The van der Waals surface area contributed by atoms with Crippen LogP contribution in [0.4, 0.5) is 24.5 Å². The fourth-order valence-corrected chi connectivity index (χ4v) is 4.07. The molecule has 1 saturated heterocycles. The normalized spacial score (nSPS) is 19.7. The number of nitrogens with zero attached hydrogens (tertiary/aromatic N) is 1. The number of halogens is 3. The Hall–Kier alpha value is -3.95. The van der Waals surface area contributed by atoms with Crippen molar-refractivity contribution in [1.82, 2.24) is 0 Å². The van der Waals surface area contributed by atoms with Gasteiger partial charge in [-0.1, -0.05) is 30.4 Å². The Bertz CT molecular complexity index is 1170. The van der Waals surface area contributed by atoms with Crippen molar-refractivity contribution in [2.24, 2.45) is 11.8 Å². The van der Waals surface area contributed by atoms with E-state index in [1.807, 2.05) is 12.2 Å². The molecule has 3 amide bonds. The maximum Gasteiger partial charge on any atom is 0.418 e. The Morgan fingerprint density at radius 2 is 1.62 bits per heavy atom. The summed E-state index contributed by atoms with van der Waals surface area (Å²) in [6.07, 6.45) is 0.00266. The summed E-state index contributed by atoms with van der Waals surface area (Å²) in [5.41, 5.74) is -1.30. The summed E-state index contributed by atoms with van der Waals surface area (Å²) in [4.78, 5) is 51.0. The van der Waals surface area contributed by atoms with Crippen LogP contribution in [0.25, 0.3) is 0 Å². The lowest BCUT2D eigenvalue weighted by molar-refractivity contribution is -0.137. The number of imide groups is 1. The molecule has 4 rings (SSSR count). The molecule has 1 fully saturated rings. The largest absolute Gasteiger partial charge is 0.452 e. The Balaban J connectivity index is 1.41. The van der Waals surface area contributed by atoms with Crippen LogP contribution in [0.2, 0.25) is 0 Å². The van der Waals surface area contributed by atoms with E-state index >= 15 is 0 Å². The van der Waals surface area contributed by atoms with E-state index in [2.05, 4.69) is 5.32 Å². The molecule has 1 heterocycles. The van der Waals surface area contributed by atoms with Gasteiger partial charge in [0, 0.05) is 0 Å². The van der Waals surface area contributed by atoms with Gasteiger partial charge in [0.15, 0.2) is 6.61 Å². The number of alkyl halides is 3. The van der Waals surface area contributed by atoms with Crippen LogP contribution in [0.5, 0.6) is 0 Å². The van der Waals surface area contributed by atoms with E-state index in [0.29, 0.717) is 12.8 Å². The van der Waals surface area contributed by atoms with E-state index < -0.39 is 47.7 Å². The molecule has 1 aliphatic carbocycles. The van der Waals surface area contributed by atoms with Gasteiger partial charge >= 0.3 is 12.1 Å². The molecule has 0 bridgehead atoms. The van der Waals surface area contributed by atoms with E-state index in [-0.39, 0.29) is 23.1 Å². The van der Waals surface area contributed by atoms with Crippen molar-refractivity contribution in [2.75, 3.05) is 16.8 Å². The summed E-state index contributed by atoms with van der Waals surface area (Å²) in [5.74, 6) is -3.44. The van der Waals surface area contributed by atoms with Gasteiger partial charge in [0.05, 0.1) is 34.3 Å². The first kappa shape index (κ1) is 23.2. The molecule has 0 spiro atoms. The third-order valence-corrected chi connectivity index (χ3v) is 5.69. The third kappa shape index (κ3) is 4.57. The van der Waals surface area contributed by atoms with Crippen LogP contribution < -0.4 is 10.2 Å². The number of hydrogen-bond acceptors (Lipinski definition) is 5. The molecule has 0 radical (unpaired) electrons. The van der Waals surface area contributed by atoms with Crippen molar-refractivity contribution < 1.29 is 37.1 Å². The Morgan fingerprint density at radius 1 is 0.971 bits per heavy atom. The monoisotopic (exact) mass is 472 g/mol. The SMILES string of the molecule is O=C(COC(=O)c1cccc(N2C(=O)[C@H]3CC=CC[C@H]3C2=O)c1)Nc1ccccc1C(F)(F)F. The predicted molar refractivity (Wildman–Crippen MR) is 115 cm³/mol. The highest BCUT2D eigenvalue weighted by Crippen LogP contribution is 2.38. The summed E-state index contributed by atoms with van der Waals surface area (Å²) in [6, 6.07) is 10.1. The lowest BCUT2D eigenvalue weighted by atomic mass is 9.85. The van der Waals surface area contributed by atoms with Gasteiger partial charge in [0.2, 0.25) is 11.8 Å². The number of fused-ring (bicyclic) bond motifs is 1. The van der Waals surface area contributed by atoms with Crippen LogP contribution >= 0.6 is 0 Å². The minimum Gasteiger partial charge on any atom is -0.452 e. The van der Waals surface area contributed by atoms with E-state index in [0.717, 1.165) is 17.0 Å². The van der Waals surface area contributed by atoms with Crippen LogP contribution in [0.15, 0.2) is 60.7 Å². The lowest BCUT2D eigenvalue weighted by Crippen LogP contribution is -2.31. The van der Waals surface area contributed by atoms with Gasteiger partial charge in [-0.05, 0) is 43.2 Å². The molecule has 2 atom stereocenters. The number of carbonyl (C=O) groups excluding carboxylic acids is 4. The molecular formula is C24H19F3N2O5. The number of allylic oxidation sites excluding steroid dienone is 2. The molecule has 7 nitrogen and oxygen atoms in total. The molecule has 10 heteroatoms. The van der Waals surface area contributed by atoms with Crippen molar-refractivity contribution in [3.63, 3.8) is 0 Å². The number of anilines is 2. The van der Waals surface area contributed by atoms with Crippen LogP contribution in [0.1, 0.15) is 28.8 Å². The molecule has 2 aromatic rings. The first-order valence-electron chi connectivity index (χ1n) is 10.4. The van der Waals surface area contributed by atoms with Crippen molar-refractivity contribution in [3.8, 4) is 0 Å². The van der Waals surface area contributed by atoms with Crippen LogP contribution in [0.3, 0.4) is 0 Å². The Morgan fingerprint density at radius 3 is 2.26 bits per heavy atom. The molecule has 176 valence electrons. The topological polar surface area (TPSA) is 92.8 Å². The summed E-state index contributed by atoms with van der Waals surface area (Å²) >= 11 is 0. The Kier molecular flexibility index (Phi) is 6.23. The smallest absolute Gasteiger partial charge is 0.418 e. The third-order valence-electron chi connectivity index (χ3n) is 5.69. The zero-order chi connectivity index (χ0) is 24.5. The van der Waals surface area contributed by atoms with Crippen molar-refractivity contribution >= 4 is 35.1 Å². The fourth-order valence-electron chi connectivity index (χ4n) is 4.07. The zero-order valence-electron chi connectivity index (χ0n) is 17.7. The second-order valence-electron chi connectivity index (χ2n) is 7.89. The van der Waals surface area contributed by atoms with Crippen LogP contribution in [0, 0.1) is 11.8 Å². The summed E-state index contributed by atoms with van der Waals surface area (Å²) < 4.78 is 44.1. The van der Waals surface area contributed by atoms with Gasteiger partial charge in [0.25, 0.3) is 5.91 Å². The average molecular weight is 472 g/mol. The highest BCUT2D eigenvalue weighted by atomic mass is 19.4. The number of amides is 3. The minimum atomic E-state index is -4.67. The molecule has 1 N–H and O–H groups in total. The summed E-state index contributed by atoms with van der Waals surface area (Å²) in [6.45, 7) is -0.827. The second-order valence-corrected chi connectivity index (χ2v) is 7.89. The van der Waals surface area contributed by atoms with Gasteiger partial charge in [-0.25, -0.2) is 4.79 Å². The highest BCUT2D eigenvalue weighted by Gasteiger charge is 2.47. The number of para-hydroxylation sites is 1. The van der Waals surface area contributed by atoms with Crippen molar-refractivity contribution in [1.29, 1.82) is 0 Å². The van der Waals surface area contributed by atoms with Gasteiger partial charge in [-0.3, -0.25) is 19.3 Å². The van der Waals surface area contributed by atoms with Crippen LogP contribution in [-0.2, 0) is 25.3 Å². The maximum absolute atomic E-state index is 13.1. The number of benzene rings is 2. The quantitative estimate of drug-likeness (QED) is 0.404. The summed E-state index contributed by atoms with van der Waals surface area (Å²) in [7, 11) is 0. The first-order valence-corrected chi connectivity index (χ1v) is 10.4. The van der Waals surface area contributed by atoms with Gasteiger partial charge in [-0.2, -0.15) is 13.2 Å². The number of hydrogen-bond donors (Lipinski definition) is 1. The Labute approximate surface area is 192 Å². The van der Waals surface area contributed by atoms with E-state index in [4.69, 9.17) is 4.74 Å². The number of rotatable bonds is 5. The molecule has 0 unspecified atom stereocenters. The average Bonchev–Trinajstić information content (AvgIpc) is 3.07. The standard InChI is InChI=1S/C24H19F3N2O5/c25-24(26,27)18-10-3-4-11-19(18)28-20(30)13-34-23(33)14-6-5-7-15(12-14)29-21(31)16-8-1-2-9-17(16)22(29)32/h1-7,10-12,16-17H,8-9,13H2,(H,28,30)/t16-,17+. The molecule has 34 heavy (non-hydrogen) atoms. The summed E-state index contributed by atoms with van der Waals surface area (Å²) in [5, 5.41) is 2.08. The first-order chi connectivity index (χ1) is 16.2. The molecule has 2 aromatic carbocycles. The van der Waals surface area contributed by atoms with Crippen molar-refractivity contribution in [2.45, 2.75) is 19.0 Å². The number of esters is 1. The maximum atomic E-state index is 13.1. The van der Waals surface area contributed by atoms with E-state index in [1.165, 1.54) is 36.4 Å². The second kappa shape index (κ2) is 9.12. The van der Waals surface area contributed by atoms with E-state index in [9.17, 15) is 32.3 Å². The molecular weight excluding hydrogens is 453 g/mol. The van der Waals surface area contributed by atoms with Gasteiger partial charge in [0.1, 0.15) is 0 Å². The van der Waals surface area contributed by atoms with E-state index in [1.54, 1.807) is 0 Å². The lowest BCUT2D eigenvalue weighted by Gasteiger charge is -2.16. The number of nitrogens with one attached hydrogen (secondary N) is 1. The fraction of sp³-hybridized carbons (Fsp3) is 0.250. The minimum absolute atomic E-state index is 0.0189. The number of ether oxygens (including phenoxy) is 1. The van der Waals surface area contributed by atoms with Gasteiger partial charge in [-0.15, -0.1) is 0 Å². The van der Waals surface area contributed by atoms with Crippen molar-refractivity contribution in [3.05, 3.63) is 71.8 Å². The molecule has 2 aliphatic rings. The molecule has 0 saturated carbocycles.